The Kier molecular flexibility index (Phi) is 5.77. The number of imide groups is 1. The van der Waals surface area contributed by atoms with Gasteiger partial charge in [-0.1, -0.05) is 42.0 Å². The van der Waals surface area contributed by atoms with Gasteiger partial charge in [0.2, 0.25) is 0 Å². The quantitative estimate of drug-likeness (QED) is 0.569. The minimum absolute atomic E-state index is 0.0512. The molecule has 0 aromatic heterocycles. The van der Waals surface area contributed by atoms with Gasteiger partial charge in [-0.3, -0.25) is 14.5 Å². The number of nitrogens with zero attached hydrogens (tertiary/aromatic N) is 1. The van der Waals surface area contributed by atoms with Crippen LogP contribution in [0.2, 0.25) is 0 Å². The van der Waals surface area contributed by atoms with Gasteiger partial charge in [0.25, 0.3) is 11.8 Å². The second kappa shape index (κ2) is 8.67. The number of nitrogens with one attached hydrogen (secondary N) is 1. The maximum Gasteiger partial charge on any atom is 0.278 e. The van der Waals surface area contributed by atoms with Crippen molar-refractivity contribution < 1.29 is 18.7 Å². The lowest BCUT2D eigenvalue weighted by atomic mass is 9.97. The van der Waals surface area contributed by atoms with Crippen LogP contribution in [0.1, 0.15) is 22.3 Å². The SMILES string of the molecule is COc1cccc(NC2=C(c3ccc(C)cc3C)C(=O)N(Cc3ccc(F)cc3)C2=O)c1. The summed E-state index contributed by atoms with van der Waals surface area (Å²) in [5.74, 6) is -0.570. The molecule has 0 saturated carbocycles. The van der Waals surface area contributed by atoms with E-state index in [0.717, 1.165) is 11.1 Å². The number of hydrogen-bond donors (Lipinski definition) is 1. The molecule has 0 saturated heterocycles. The molecular weight excluding hydrogens is 407 g/mol. The van der Waals surface area contributed by atoms with Crippen molar-refractivity contribution in [3.8, 4) is 5.75 Å². The van der Waals surface area contributed by atoms with Crippen molar-refractivity contribution in [3.05, 3.63) is 100 Å². The molecule has 0 bridgehead atoms. The average Bonchev–Trinajstić information content (AvgIpc) is 3.00. The predicted octanol–water partition coefficient (Wildman–Crippen LogP) is 4.84. The van der Waals surface area contributed by atoms with Crippen molar-refractivity contribution in [1.29, 1.82) is 0 Å². The molecule has 1 aliphatic heterocycles. The number of aryl methyl sites for hydroxylation is 2. The molecule has 3 aromatic rings. The molecule has 1 aliphatic rings. The van der Waals surface area contributed by atoms with E-state index in [1.807, 2.05) is 32.0 Å². The zero-order chi connectivity index (χ0) is 22.8. The highest BCUT2D eigenvalue weighted by atomic mass is 19.1. The molecule has 0 aliphatic carbocycles. The lowest BCUT2D eigenvalue weighted by Gasteiger charge is -2.16. The normalized spacial score (nSPS) is 13.7. The van der Waals surface area contributed by atoms with Gasteiger partial charge in [-0.25, -0.2) is 4.39 Å². The predicted molar refractivity (Wildman–Crippen MR) is 121 cm³/mol. The molecule has 2 amide bonds. The molecule has 162 valence electrons. The monoisotopic (exact) mass is 430 g/mol. The summed E-state index contributed by atoms with van der Waals surface area (Å²) in [7, 11) is 1.56. The Hall–Kier alpha value is -3.93. The van der Waals surface area contributed by atoms with Gasteiger partial charge in [-0.2, -0.15) is 0 Å². The fourth-order valence-electron chi connectivity index (χ4n) is 3.80. The van der Waals surface area contributed by atoms with E-state index in [1.165, 1.54) is 17.0 Å². The van der Waals surface area contributed by atoms with E-state index in [4.69, 9.17) is 4.74 Å². The van der Waals surface area contributed by atoms with Gasteiger partial charge in [0, 0.05) is 11.8 Å². The highest BCUT2D eigenvalue weighted by Gasteiger charge is 2.39. The van der Waals surface area contributed by atoms with E-state index in [-0.39, 0.29) is 18.1 Å². The number of amides is 2. The Morgan fingerprint density at radius 3 is 2.38 bits per heavy atom. The Morgan fingerprint density at radius 1 is 0.938 bits per heavy atom. The maximum absolute atomic E-state index is 13.5. The van der Waals surface area contributed by atoms with Crippen molar-refractivity contribution in [1.82, 2.24) is 4.90 Å². The van der Waals surface area contributed by atoms with Crippen molar-refractivity contribution in [3.63, 3.8) is 0 Å². The van der Waals surface area contributed by atoms with E-state index in [1.54, 1.807) is 43.5 Å². The minimum Gasteiger partial charge on any atom is -0.497 e. The number of carbonyl (C=O) groups excluding carboxylic acids is 2. The van der Waals surface area contributed by atoms with Gasteiger partial charge in [0.1, 0.15) is 17.3 Å². The van der Waals surface area contributed by atoms with Crippen LogP contribution < -0.4 is 10.1 Å². The van der Waals surface area contributed by atoms with Crippen molar-refractivity contribution in [2.24, 2.45) is 0 Å². The number of halogens is 1. The van der Waals surface area contributed by atoms with E-state index in [9.17, 15) is 14.0 Å². The molecule has 0 unspecified atom stereocenters. The molecule has 5 nitrogen and oxygen atoms in total. The van der Waals surface area contributed by atoms with Crippen LogP contribution >= 0.6 is 0 Å². The molecule has 1 heterocycles. The third-order valence-corrected chi connectivity index (χ3v) is 5.41. The number of methoxy groups -OCH3 is 1. The Morgan fingerprint density at radius 2 is 1.69 bits per heavy atom. The maximum atomic E-state index is 13.5. The number of carbonyl (C=O) groups is 2. The van der Waals surface area contributed by atoms with E-state index >= 15 is 0 Å². The highest BCUT2D eigenvalue weighted by molar-refractivity contribution is 6.36. The van der Waals surface area contributed by atoms with Gasteiger partial charge in [-0.15, -0.1) is 0 Å². The van der Waals surface area contributed by atoms with Crippen molar-refractivity contribution in [2.45, 2.75) is 20.4 Å². The summed E-state index contributed by atoms with van der Waals surface area (Å²) in [6.45, 7) is 3.94. The first-order valence-electron chi connectivity index (χ1n) is 10.2. The minimum atomic E-state index is -0.433. The van der Waals surface area contributed by atoms with Gasteiger partial charge >= 0.3 is 0 Å². The average molecular weight is 430 g/mol. The molecule has 3 aromatic carbocycles. The third kappa shape index (κ3) is 4.12. The number of anilines is 1. The Labute approximate surface area is 186 Å². The van der Waals surface area contributed by atoms with Gasteiger partial charge in [-0.05, 0) is 54.8 Å². The molecule has 32 heavy (non-hydrogen) atoms. The van der Waals surface area contributed by atoms with E-state index in [0.29, 0.717) is 28.1 Å². The van der Waals surface area contributed by atoms with Crippen molar-refractivity contribution >= 4 is 23.1 Å². The summed E-state index contributed by atoms with van der Waals surface area (Å²) in [6, 6.07) is 18.7. The second-order valence-electron chi connectivity index (χ2n) is 7.75. The number of ether oxygens (including phenoxy) is 1. The molecule has 0 radical (unpaired) electrons. The van der Waals surface area contributed by atoms with Crippen LogP contribution in [0.3, 0.4) is 0 Å². The topological polar surface area (TPSA) is 58.6 Å². The highest BCUT2D eigenvalue weighted by Crippen LogP contribution is 2.34. The largest absolute Gasteiger partial charge is 0.497 e. The summed E-state index contributed by atoms with van der Waals surface area (Å²) in [4.78, 5) is 28.0. The zero-order valence-electron chi connectivity index (χ0n) is 18.1. The first-order chi connectivity index (χ1) is 15.4. The van der Waals surface area contributed by atoms with Crippen LogP contribution in [-0.2, 0) is 16.1 Å². The molecule has 1 N–H and O–H groups in total. The lowest BCUT2D eigenvalue weighted by Crippen LogP contribution is -2.32. The van der Waals surface area contributed by atoms with Crippen LogP contribution in [0.5, 0.6) is 5.75 Å². The molecule has 0 spiro atoms. The fourth-order valence-corrected chi connectivity index (χ4v) is 3.80. The fraction of sp³-hybridized carbons (Fsp3) is 0.154. The number of rotatable bonds is 6. The van der Waals surface area contributed by atoms with Crippen LogP contribution in [-0.4, -0.2) is 23.8 Å². The second-order valence-corrected chi connectivity index (χ2v) is 7.75. The van der Waals surface area contributed by atoms with E-state index < -0.39 is 11.8 Å². The summed E-state index contributed by atoms with van der Waals surface area (Å²) in [5.41, 5.74) is 4.47. The first kappa shape index (κ1) is 21.3. The Bertz CT molecular complexity index is 1230. The molecule has 0 fully saturated rings. The Balaban J connectivity index is 1.77. The summed E-state index contributed by atoms with van der Waals surface area (Å²) >= 11 is 0. The van der Waals surface area contributed by atoms with Crippen LogP contribution in [0.4, 0.5) is 10.1 Å². The van der Waals surface area contributed by atoms with Crippen LogP contribution in [0, 0.1) is 19.7 Å². The lowest BCUT2D eigenvalue weighted by molar-refractivity contribution is -0.137. The standard InChI is InChI=1S/C26H23FN2O3/c1-16-7-12-22(17(2)13-16)23-24(28-20-5-4-6-21(14-20)32-3)26(31)29(25(23)30)15-18-8-10-19(27)11-9-18/h4-14,28H,15H2,1-3H3. The number of benzene rings is 3. The molecule has 6 heteroatoms. The zero-order valence-corrected chi connectivity index (χ0v) is 18.1. The smallest absolute Gasteiger partial charge is 0.278 e. The van der Waals surface area contributed by atoms with Gasteiger partial charge in [0.05, 0.1) is 19.2 Å². The molecular formula is C26H23FN2O3. The third-order valence-electron chi connectivity index (χ3n) is 5.41. The van der Waals surface area contributed by atoms with Gasteiger partial charge in [0.15, 0.2) is 0 Å². The van der Waals surface area contributed by atoms with E-state index in [2.05, 4.69) is 5.32 Å². The van der Waals surface area contributed by atoms with Crippen molar-refractivity contribution in [2.75, 3.05) is 12.4 Å². The summed E-state index contributed by atoms with van der Waals surface area (Å²) in [6.07, 6.45) is 0. The first-order valence-corrected chi connectivity index (χ1v) is 10.2. The molecule has 0 atom stereocenters. The van der Waals surface area contributed by atoms with Gasteiger partial charge < -0.3 is 10.1 Å². The number of hydrogen-bond acceptors (Lipinski definition) is 4. The summed E-state index contributed by atoms with van der Waals surface area (Å²) < 4.78 is 18.6. The van der Waals surface area contributed by atoms with Crippen LogP contribution in [0.25, 0.3) is 5.57 Å². The van der Waals surface area contributed by atoms with Crippen LogP contribution in [0.15, 0.2) is 72.4 Å². The summed E-state index contributed by atoms with van der Waals surface area (Å²) in [5, 5.41) is 3.14. The molecule has 4 rings (SSSR count).